The van der Waals surface area contributed by atoms with Crippen LogP contribution in [-0.4, -0.2) is 25.0 Å². The van der Waals surface area contributed by atoms with E-state index in [1.165, 1.54) is 0 Å². The summed E-state index contributed by atoms with van der Waals surface area (Å²) in [4.78, 5) is 23.5. The first kappa shape index (κ1) is 17.3. The minimum atomic E-state index is -0.545. The lowest BCUT2D eigenvalue weighted by atomic mass is 10.1. The Morgan fingerprint density at radius 2 is 1.71 bits per heavy atom. The summed E-state index contributed by atoms with van der Waals surface area (Å²) in [5, 5.41) is 5.72. The molecule has 0 aliphatic rings. The standard InChI is InChI=1S/C18H21N3O3/c1-2-11-24-16-10-6-5-9-15(16)21-17(22)12-20-14-8-4-3-7-13(14)18(19)23/h3-10,20H,2,11-12H2,1H3,(H2,19,23)(H,21,22). The fourth-order valence-corrected chi connectivity index (χ4v) is 2.13. The number of hydrogen-bond acceptors (Lipinski definition) is 4. The van der Waals surface area contributed by atoms with Crippen LogP contribution in [0.2, 0.25) is 0 Å². The number of carbonyl (C=O) groups is 2. The van der Waals surface area contributed by atoms with E-state index in [9.17, 15) is 9.59 Å². The van der Waals surface area contributed by atoms with E-state index in [2.05, 4.69) is 10.6 Å². The van der Waals surface area contributed by atoms with E-state index in [1.54, 1.807) is 36.4 Å². The van der Waals surface area contributed by atoms with E-state index in [0.29, 0.717) is 29.3 Å². The molecule has 0 aliphatic carbocycles. The lowest BCUT2D eigenvalue weighted by molar-refractivity contribution is -0.114. The molecule has 0 bridgehead atoms. The largest absolute Gasteiger partial charge is 0.491 e. The Hall–Kier alpha value is -3.02. The van der Waals surface area contributed by atoms with Crippen LogP contribution >= 0.6 is 0 Å². The summed E-state index contributed by atoms with van der Waals surface area (Å²) in [7, 11) is 0. The van der Waals surface area contributed by atoms with Gasteiger partial charge in [0.25, 0.3) is 5.91 Å². The third-order valence-electron chi connectivity index (χ3n) is 3.25. The Morgan fingerprint density at radius 1 is 1.04 bits per heavy atom. The highest BCUT2D eigenvalue weighted by Gasteiger charge is 2.10. The fraction of sp³-hybridized carbons (Fsp3) is 0.222. The van der Waals surface area contributed by atoms with Crippen molar-refractivity contribution in [1.29, 1.82) is 0 Å². The molecule has 4 N–H and O–H groups in total. The zero-order valence-electron chi connectivity index (χ0n) is 13.5. The molecule has 0 atom stereocenters. The van der Waals surface area contributed by atoms with E-state index in [-0.39, 0.29) is 12.5 Å². The number of hydrogen-bond donors (Lipinski definition) is 3. The number of para-hydroxylation sites is 3. The highest BCUT2D eigenvalue weighted by molar-refractivity contribution is 6.00. The van der Waals surface area contributed by atoms with Gasteiger partial charge in [-0.05, 0) is 30.7 Å². The van der Waals surface area contributed by atoms with Gasteiger partial charge < -0.3 is 21.1 Å². The van der Waals surface area contributed by atoms with Crippen LogP contribution in [0.3, 0.4) is 0 Å². The number of anilines is 2. The Balaban J connectivity index is 1.98. The van der Waals surface area contributed by atoms with Crippen molar-refractivity contribution in [1.82, 2.24) is 0 Å². The number of nitrogens with two attached hydrogens (primary N) is 1. The van der Waals surface area contributed by atoms with Gasteiger partial charge in [-0.25, -0.2) is 0 Å². The summed E-state index contributed by atoms with van der Waals surface area (Å²) in [5.41, 5.74) is 6.80. The van der Waals surface area contributed by atoms with Crippen molar-refractivity contribution in [2.75, 3.05) is 23.8 Å². The molecule has 0 spiro atoms. The highest BCUT2D eigenvalue weighted by atomic mass is 16.5. The summed E-state index contributed by atoms with van der Waals surface area (Å²) >= 11 is 0. The number of nitrogens with one attached hydrogen (secondary N) is 2. The highest BCUT2D eigenvalue weighted by Crippen LogP contribution is 2.23. The lowest BCUT2D eigenvalue weighted by Crippen LogP contribution is -2.23. The number of carbonyl (C=O) groups excluding carboxylic acids is 2. The minimum Gasteiger partial charge on any atom is -0.491 e. The Morgan fingerprint density at radius 3 is 2.42 bits per heavy atom. The second-order valence-electron chi connectivity index (χ2n) is 5.16. The van der Waals surface area contributed by atoms with Gasteiger partial charge in [-0.1, -0.05) is 31.2 Å². The molecule has 0 unspecified atom stereocenters. The SMILES string of the molecule is CCCOc1ccccc1NC(=O)CNc1ccccc1C(N)=O. The molecule has 0 saturated carbocycles. The summed E-state index contributed by atoms with van der Waals surface area (Å²) in [5.74, 6) is -0.163. The Bertz CT molecular complexity index is 716. The maximum atomic E-state index is 12.1. The van der Waals surface area contributed by atoms with E-state index in [4.69, 9.17) is 10.5 Å². The van der Waals surface area contributed by atoms with Gasteiger partial charge in [-0.2, -0.15) is 0 Å². The van der Waals surface area contributed by atoms with Crippen molar-refractivity contribution < 1.29 is 14.3 Å². The molecule has 0 radical (unpaired) electrons. The van der Waals surface area contributed by atoms with Gasteiger partial charge in [-0.15, -0.1) is 0 Å². The fourth-order valence-electron chi connectivity index (χ4n) is 2.13. The summed E-state index contributed by atoms with van der Waals surface area (Å²) in [6, 6.07) is 14.0. The normalized spacial score (nSPS) is 10.0. The average molecular weight is 327 g/mol. The van der Waals surface area contributed by atoms with Crippen LogP contribution in [0, 0.1) is 0 Å². The number of benzene rings is 2. The van der Waals surface area contributed by atoms with Gasteiger partial charge >= 0.3 is 0 Å². The first-order valence-electron chi connectivity index (χ1n) is 7.76. The number of primary amides is 1. The van der Waals surface area contributed by atoms with Gasteiger partial charge in [0.2, 0.25) is 5.91 Å². The molecule has 6 nitrogen and oxygen atoms in total. The van der Waals surface area contributed by atoms with Crippen LogP contribution in [0.5, 0.6) is 5.75 Å². The molecule has 0 saturated heterocycles. The summed E-state index contributed by atoms with van der Waals surface area (Å²) in [6.45, 7) is 2.60. The third kappa shape index (κ3) is 4.74. The monoisotopic (exact) mass is 327 g/mol. The number of rotatable bonds is 8. The van der Waals surface area contributed by atoms with Crippen molar-refractivity contribution in [2.24, 2.45) is 5.73 Å². The first-order chi connectivity index (χ1) is 11.6. The van der Waals surface area contributed by atoms with Crippen LogP contribution in [0.4, 0.5) is 11.4 Å². The molecule has 0 fully saturated rings. The first-order valence-corrected chi connectivity index (χ1v) is 7.76. The molecule has 2 amide bonds. The van der Waals surface area contributed by atoms with Gasteiger partial charge in [0, 0.05) is 5.69 Å². The zero-order valence-corrected chi connectivity index (χ0v) is 13.5. The molecule has 0 heterocycles. The third-order valence-corrected chi connectivity index (χ3v) is 3.25. The predicted molar refractivity (Wildman–Crippen MR) is 94.3 cm³/mol. The predicted octanol–water partition coefficient (Wildman–Crippen LogP) is 2.62. The molecule has 24 heavy (non-hydrogen) atoms. The maximum Gasteiger partial charge on any atom is 0.250 e. The van der Waals surface area contributed by atoms with Crippen LogP contribution in [-0.2, 0) is 4.79 Å². The zero-order chi connectivity index (χ0) is 17.4. The molecule has 2 rings (SSSR count). The van der Waals surface area contributed by atoms with Crippen molar-refractivity contribution in [3.8, 4) is 5.75 Å². The molecule has 0 aliphatic heterocycles. The lowest BCUT2D eigenvalue weighted by Gasteiger charge is -2.13. The van der Waals surface area contributed by atoms with Gasteiger partial charge in [0.15, 0.2) is 0 Å². The Labute approximate surface area is 141 Å². The van der Waals surface area contributed by atoms with E-state index >= 15 is 0 Å². The van der Waals surface area contributed by atoms with Crippen LogP contribution in [0.15, 0.2) is 48.5 Å². The molecule has 2 aromatic rings. The summed E-state index contributed by atoms with van der Waals surface area (Å²) in [6.07, 6.45) is 0.883. The molecular formula is C18H21N3O3. The smallest absolute Gasteiger partial charge is 0.250 e. The van der Waals surface area contributed by atoms with Crippen LogP contribution in [0.1, 0.15) is 23.7 Å². The topological polar surface area (TPSA) is 93.4 Å². The number of ether oxygens (including phenoxy) is 1. The molecule has 0 aromatic heterocycles. The van der Waals surface area contributed by atoms with Gasteiger partial charge in [0.05, 0.1) is 24.4 Å². The van der Waals surface area contributed by atoms with E-state index < -0.39 is 5.91 Å². The molecule has 126 valence electrons. The van der Waals surface area contributed by atoms with Crippen LogP contribution in [0.25, 0.3) is 0 Å². The van der Waals surface area contributed by atoms with E-state index in [1.807, 2.05) is 19.1 Å². The van der Waals surface area contributed by atoms with Crippen molar-refractivity contribution in [3.05, 3.63) is 54.1 Å². The van der Waals surface area contributed by atoms with Crippen molar-refractivity contribution in [3.63, 3.8) is 0 Å². The average Bonchev–Trinajstić information content (AvgIpc) is 2.59. The molecule has 6 heteroatoms. The molecular weight excluding hydrogens is 306 g/mol. The number of amides is 2. The van der Waals surface area contributed by atoms with Gasteiger partial charge in [0.1, 0.15) is 5.75 Å². The van der Waals surface area contributed by atoms with Gasteiger partial charge in [-0.3, -0.25) is 9.59 Å². The second kappa shape index (κ2) is 8.57. The maximum absolute atomic E-state index is 12.1. The van der Waals surface area contributed by atoms with E-state index in [0.717, 1.165) is 6.42 Å². The minimum absolute atomic E-state index is 0.00635. The van der Waals surface area contributed by atoms with Crippen molar-refractivity contribution in [2.45, 2.75) is 13.3 Å². The second-order valence-corrected chi connectivity index (χ2v) is 5.16. The van der Waals surface area contributed by atoms with Crippen molar-refractivity contribution >= 4 is 23.2 Å². The quantitative estimate of drug-likeness (QED) is 0.695. The summed E-state index contributed by atoms with van der Waals surface area (Å²) < 4.78 is 5.60. The van der Waals surface area contributed by atoms with Crippen LogP contribution < -0.4 is 21.1 Å². The molecule has 2 aromatic carbocycles. The Kier molecular flexibility index (Phi) is 6.19.